The van der Waals surface area contributed by atoms with Gasteiger partial charge in [-0.2, -0.15) is 0 Å². The van der Waals surface area contributed by atoms with Gasteiger partial charge in [0.15, 0.2) is 0 Å². The lowest BCUT2D eigenvalue weighted by Crippen LogP contribution is -2.43. The van der Waals surface area contributed by atoms with Crippen molar-refractivity contribution in [2.75, 3.05) is 40.0 Å². The van der Waals surface area contributed by atoms with Gasteiger partial charge >= 0.3 is 6.09 Å². The van der Waals surface area contributed by atoms with Gasteiger partial charge in [-0.1, -0.05) is 54.9 Å². The summed E-state index contributed by atoms with van der Waals surface area (Å²) in [5.74, 6) is 0. The summed E-state index contributed by atoms with van der Waals surface area (Å²) in [6.45, 7) is 4.90. The van der Waals surface area contributed by atoms with Crippen LogP contribution in [0.5, 0.6) is 0 Å². The highest BCUT2D eigenvalue weighted by Gasteiger charge is 2.29. The maximum atomic E-state index is 11.3. The third-order valence-electron chi connectivity index (χ3n) is 5.12. The molecule has 6 nitrogen and oxygen atoms in total. The summed E-state index contributed by atoms with van der Waals surface area (Å²) in [4.78, 5) is 11.3. The zero-order valence-electron chi connectivity index (χ0n) is 17.4. The number of hydrogen-bond donors (Lipinski definition) is 2. The van der Waals surface area contributed by atoms with Gasteiger partial charge in [-0.15, -0.1) is 0 Å². The normalized spacial score (nSPS) is 17.4. The molecule has 2 atom stereocenters. The molecule has 0 aliphatic carbocycles. The topological polar surface area (TPSA) is 68.8 Å². The number of morpholine rings is 1. The zero-order valence-corrected chi connectivity index (χ0v) is 18.2. The lowest BCUT2D eigenvalue weighted by Gasteiger charge is -2.32. The predicted molar refractivity (Wildman–Crippen MR) is 118 cm³/mol. The monoisotopic (exact) mass is 432 g/mol. The number of methoxy groups -OCH3 is 1. The van der Waals surface area contributed by atoms with Gasteiger partial charge in [0.05, 0.1) is 20.3 Å². The summed E-state index contributed by atoms with van der Waals surface area (Å²) < 4.78 is 16.9. The summed E-state index contributed by atoms with van der Waals surface area (Å²) in [6.07, 6.45) is -0.0344. The fourth-order valence-corrected chi connectivity index (χ4v) is 3.91. The number of ether oxygens (including phenoxy) is 3. The number of carbonyl (C=O) groups excluding carboxylic acids is 1. The number of hydrogen-bond acceptors (Lipinski definition) is 5. The summed E-state index contributed by atoms with van der Waals surface area (Å²) >= 11 is 6.68. The molecule has 0 bridgehead atoms. The average molecular weight is 433 g/mol. The zero-order chi connectivity index (χ0) is 21.3. The van der Waals surface area contributed by atoms with Crippen LogP contribution >= 0.6 is 11.6 Å². The fourth-order valence-electron chi connectivity index (χ4n) is 3.62. The van der Waals surface area contributed by atoms with Crippen molar-refractivity contribution in [1.29, 1.82) is 0 Å². The van der Waals surface area contributed by atoms with Crippen LogP contribution in [0.2, 0.25) is 5.02 Å². The van der Waals surface area contributed by atoms with E-state index in [1.165, 1.54) is 12.7 Å². The van der Waals surface area contributed by atoms with E-state index in [-0.39, 0.29) is 12.2 Å². The van der Waals surface area contributed by atoms with Crippen LogP contribution in [0.1, 0.15) is 24.2 Å². The number of benzene rings is 2. The Morgan fingerprint density at radius 3 is 2.90 bits per heavy atom. The Bertz CT molecular complexity index is 840. The second-order valence-electron chi connectivity index (χ2n) is 7.08. The maximum Gasteiger partial charge on any atom is 0.406 e. The Hall–Kier alpha value is -2.12. The second kappa shape index (κ2) is 11.3. The molecule has 2 aromatic rings. The number of aryl methyl sites for hydroxylation is 1. The molecule has 1 heterocycles. The first kappa shape index (κ1) is 22.6. The molecule has 0 spiro atoms. The van der Waals surface area contributed by atoms with Crippen molar-refractivity contribution >= 4 is 17.7 Å². The van der Waals surface area contributed by atoms with Crippen molar-refractivity contribution in [3.05, 3.63) is 58.6 Å². The first-order valence-corrected chi connectivity index (χ1v) is 10.6. The van der Waals surface area contributed by atoms with E-state index < -0.39 is 6.09 Å². The predicted octanol–water partition coefficient (Wildman–Crippen LogP) is 3.97. The summed E-state index contributed by atoms with van der Waals surface area (Å²) in [7, 11) is 1.34. The number of alkyl carbamates (subject to hydrolysis) is 1. The van der Waals surface area contributed by atoms with Gasteiger partial charge in [0.1, 0.15) is 12.2 Å². The highest BCUT2D eigenvalue weighted by molar-refractivity contribution is 6.33. The minimum atomic E-state index is -0.481. The van der Waals surface area contributed by atoms with Crippen LogP contribution < -0.4 is 10.6 Å². The van der Waals surface area contributed by atoms with Crippen LogP contribution in [-0.2, 0) is 20.6 Å². The molecule has 1 fully saturated rings. The first-order valence-electron chi connectivity index (χ1n) is 10.3. The fraction of sp³-hybridized carbons (Fsp3) is 0.435. The van der Waals surface area contributed by atoms with Crippen LogP contribution in [0.25, 0.3) is 11.1 Å². The van der Waals surface area contributed by atoms with Gasteiger partial charge in [0.2, 0.25) is 0 Å². The summed E-state index contributed by atoms with van der Waals surface area (Å²) in [6, 6.07) is 14.3. The molecule has 1 aliphatic rings. The Balaban J connectivity index is 1.91. The summed E-state index contributed by atoms with van der Waals surface area (Å²) in [5.41, 5.74) is 4.23. The number of amides is 1. The van der Waals surface area contributed by atoms with Gasteiger partial charge < -0.3 is 24.8 Å². The SMILES string of the molecule is CCc1cccc(-c2c(Cl)cccc2[C@H](OCCNC(=O)OC)[C@H]2CNCCO2)c1. The van der Waals surface area contributed by atoms with Gasteiger partial charge in [-0.3, -0.25) is 0 Å². The van der Waals surface area contributed by atoms with Crippen molar-refractivity contribution in [3.63, 3.8) is 0 Å². The number of rotatable bonds is 8. The third-order valence-corrected chi connectivity index (χ3v) is 5.44. The van der Waals surface area contributed by atoms with E-state index in [1.54, 1.807) is 0 Å². The molecule has 1 amide bonds. The Kier molecular flexibility index (Phi) is 8.51. The maximum absolute atomic E-state index is 11.3. The Labute approximate surface area is 182 Å². The molecule has 3 rings (SSSR count). The van der Waals surface area contributed by atoms with Gasteiger partial charge in [0, 0.05) is 30.2 Å². The molecule has 0 aromatic heterocycles. The molecule has 7 heteroatoms. The average Bonchev–Trinajstić information content (AvgIpc) is 2.79. The van der Waals surface area contributed by atoms with Crippen molar-refractivity contribution in [1.82, 2.24) is 10.6 Å². The minimum absolute atomic E-state index is 0.163. The molecule has 30 heavy (non-hydrogen) atoms. The minimum Gasteiger partial charge on any atom is -0.453 e. The van der Waals surface area contributed by atoms with Crippen LogP contribution in [0, 0.1) is 0 Å². The van der Waals surface area contributed by atoms with E-state index in [4.69, 9.17) is 21.1 Å². The molecule has 0 saturated carbocycles. The lowest BCUT2D eigenvalue weighted by atomic mass is 9.92. The third kappa shape index (κ3) is 5.73. The molecular formula is C23H29ClN2O4. The van der Waals surface area contributed by atoms with Crippen LogP contribution in [-0.4, -0.2) is 52.2 Å². The van der Waals surface area contributed by atoms with Crippen molar-refractivity contribution < 1.29 is 19.0 Å². The van der Waals surface area contributed by atoms with E-state index in [2.05, 4.69) is 46.6 Å². The summed E-state index contributed by atoms with van der Waals surface area (Å²) in [5, 5.41) is 6.69. The van der Waals surface area contributed by atoms with Crippen molar-refractivity contribution in [2.45, 2.75) is 25.6 Å². The van der Waals surface area contributed by atoms with Gasteiger partial charge in [0.25, 0.3) is 0 Å². The van der Waals surface area contributed by atoms with E-state index in [0.717, 1.165) is 29.7 Å². The molecule has 0 unspecified atom stereocenters. The van der Waals surface area contributed by atoms with Crippen LogP contribution in [0.3, 0.4) is 0 Å². The highest BCUT2D eigenvalue weighted by Crippen LogP contribution is 2.38. The largest absolute Gasteiger partial charge is 0.453 e. The van der Waals surface area contributed by atoms with E-state index in [9.17, 15) is 4.79 Å². The number of nitrogens with one attached hydrogen (secondary N) is 2. The first-order chi connectivity index (χ1) is 14.6. The Morgan fingerprint density at radius 1 is 1.33 bits per heavy atom. The molecule has 1 aliphatic heterocycles. The molecule has 2 aromatic carbocycles. The second-order valence-corrected chi connectivity index (χ2v) is 7.49. The molecule has 0 radical (unpaired) electrons. The Morgan fingerprint density at radius 2 is 2.17 bits per heavy atom. The van der Waals surface area contributed by atoms with E-state index in [0.29, 0.717) is 31.3 Å². The van der Waals surface area contributed by atoms with Crippen LogP contribution in [0.15, 0.2) is 42.5 Å². The van der Waals surface area contributed by atoms with Gasteiger partial charge in [-0.25, -0.2) is 4.79 Å². The van der Waals surface area contributed by atoms with Crippen LogP contribution in [0.4, 0.5) is 4.79 Å². The van der Waals surface area contributed by atoms with E-state index >= 15 is 0 Å². The number of halogens is 1. The molecular weight excluding hydrogens is 404 g/mol. The van der Waals surface area contributed by atoms with Crippen molar-refractivity contribution in [2.24, 2.45) is 0 Å². The van der Waals surface area contributed by atoms with Gasteiger partial charge in [-0.05, 0) is 29.2 Å². The standard InChI is InChI=1S/C23H29ClN2O4/c1-3-16-6-4-7-17(14-16)21-18(8-5-9-19(21)24)22(20-15-25-10-12-29-20)30-13-11-26-23(27)28-2/h4-9,14,20,22,25H,3,10-13,15H2,1-2H3,(H,26,27)/t20-,22+/m1/s1. The molecule has 2 N–H and O–H groups in total. The van der Waals surface area contributed by atoms with E-state index in [1.807, 2.05) is 18.2 Å². The van der Waals surface area contributed by atoms with Crippen molar-refractivity contribution in [3.8, 4) is 11.1 Å². The quantitative estimate of drug-likeness (QED) is 0.618. The smallest absolute Gasteiger partial charge is 0.406 e. The lowest BCUT2D eigenvalue weighted by molar-refractivity contribution is -0.0850. The number of carbonyl (C=O) groups is 1. The molecule has 1 saturated heterocycles. The molecule has 162 valence electrons. The highest BCUT2D eigenvalue weighted by atomic mass is 35.5.